The van der Waals surface area contributed by atoms with Crippen molar-refractivity contribution in [2.45, 2.75) is 19.4 Å². The zero-order valence-electron chi connectivity index (χ0n) is 15.2. The molecule has 0 unspecified atom stereocenters. The Morgan fingerprint density at radius 3 is 2.64 bits per heavy atom. The van der Waals surface area contributed by atoms with Crippen LogP contribution < -0.4 is 10.1 Å². The van der Waals surface area contributed by atoms with Crippen LogP contribution in [0, 0.1) is 6.92 Å². The van der Waals surface area contributed by atoms with Crippen molar-refractivity contribution in [2.75, 3.05) is 5.32 Å². The fourth-order valence-corrected chi connectivity index (χ4v) is 2.99. The van der Waals surface area contributed by atoms with Crippen LogP contribution in [-0.4, -0.2) is 16.9 Å². The van der Waals surface area contributed by atoms with Crippen LogP contribution >= 0.6 is 0 Å². The number of pyridine rings is 1. The molecule has 2 aromatic carbocycles. The predicted molar refractivity (Wildman–Crippen MR) is 103 cm³/mol. The summed E-state index contributed by atoms with van der Waals surface area (Å²) in [5, 5.41) is 2.76. The summed E-state index contributed by atoms with van der Waals surface area (Å²) >= 11 is 0. The summed E-state index contributed by atoms with van der Waals surface area (Å²) in [4.78, 5) is 28.4. The van der Waals surface area contributed by atoms with Crippen LogP contribution in [0.25, 0.3) is 0 Å². The molecule has 1 aliphatic rings. The monoisotopic (exact) mass is 374 g/mol. The van der Waals surface area contributed by atoms with Crippen LogP contribution in [0.2, 0.25) is 0 Å². The molecule has 0 radical (unpaired) electrons. The van der Waals surface area contributed by atoms with E-state index in [9.17, 15) is 9.59 Å². The Bertz CT molecular complexity index is 1010. The summed E-state index contributed by atoms with van der Waals surface area (Å²) in [5.41, 5.74) is 2.94. The quantitative estimate of drug-likeness (QED) is 0.669. The Hall–Kier alpha value is -3.67. The highest BCUT2D eigenvalue weighted by molar-refractivity contribution is 5.96. The molecule has 6 nitrogen and oxygen atoms in total. The van der Waals surface area contributed by atoms with Gasteiger partial charge in [-0.25, -0.2) is 9.78 Å². The van der Waals surface area contributed by atoms with E-state index >= 15 is 0 Å². The minimum absolute atomic E-state index is 0.0460. The Morgan fingerprint density at radius 2 is 1.89 bits per heavy atom. The van der Waals surface area contributed by atoms with Gasteiger partial charge in [-0.15, -0.1) is 0 Å². The summed E-state index contributed by atoms with van der Waals surface area (Å²) in [6.45, 7) is 2.00. The molecule has 0 spiro atoms. The second kappa shape index (κ2) is 7.52. The van der Waals surface area contributed by atoms with Crippen molar-refractivity contribution in [1.29, 1.82) is 0 Å². The van der Waals surface area contributed by atoms with Gasteiger partial charge in [-0.1, -0.05) is 35.9 Å². The molecule has 0 fully saturated rings. The van der Waals surface area contributed by atoms with Crippen molar-refractivity contribution >= 4 is 17.6 Å². The second-order valence-electron chi connectivity index (χ2n) is 6.53. The number of anilines is 1. The van der Waals surface area contributed by atoms with Crippen molar-refractivity contribution in [3.05, 3.63) is 83.6 Å². The molecular weight excluding hydrogens is 356 g/mol. The van der Waals surface area contributed by atoms with Crippen LogP contribution in [-0.2, 0) is 9.53 Å². The van der Waals surface area contributed by atoms with Gasteiger partial charge in [-0.05, 0) is 31.2 Å². The molecule has 1 aliphatic heterocycles. The molecule has 0 bridgehead atoms. The maximum Gasteiger partial charge on any atom is 0.339 e. The predicted octanol–water partition coefficient (Wildman–Crippen LogP) is 4.42. The van der Waals surface area contributed by atoms with Crippen LogP contribution in [0.5, 0.6) is 11.6 Å². The number of hydrogen-bond acceptors (Lipinski definition) is 5. The topological polar surface area (TPSA) is 77.5 Å². The molecule has 0 aliphatic carbocycles. The van der Waals surface area contributed by atoms with Gasteiger partial charge in [0, 0.05) is 11.6 Å². The van der Waals surface area contributed by atoms with E-state index in [1.54, 1.807) is 30.3 Å². The lowest BCUT2D eigenvalue weighted by Crippen LogP contribution is -2.15. The molecule has 1 N–H and O–H groups in total. The second-order valence-corrected chi connectivity index (χ2v) is 6.53. The largest absolute Gasteiger partial charge is 0.453 e. The third-order valence-electron chi connectivity index (χ3n) is 4.41. The fraction of sp³-hybridized carbons (Fsp3) is 0.136. The van der Waals surface area contributed by atoms with Crippen molar-refractivity contribution in [3.63, 3.8) is 0 Å². The zero-order chi connectivity index (χ0) is 19.5. The maximum atomic E-state index is 12.3. The minimum atomic E-state index is -0.569. The molecule has 28 heavy (non-hydrogen) atoms. The smallest absolute Gasteiger partial charge is 0.339 e. The normalized spacial score (nSPS) is 14.9. The number of amides is 1. The lowest BCUT2D eigenvalue weighted by molar-refractivity contribution is -0.118. The number of cyclic esters (lactones) is 1. The molecule has 2 heterocycles. The van der Waals surface area contributed by atoms with E-state index in [1.165, 1.54) is 6.20 Å². The van der Waals surface area contributed by atoms with Gasteiger partial charge in [0.2, 0.25) is 11.8 Å². The third kappa shape index (κ3) is 3.86. The first-order valence-electron chi connectivity index (χ1n) is 8.89. The first-order valence-corrected chi connectivity index (χ1v) is 8.89. The first-order chi connectivity index (χ1) is 13.6. The molecule has 0 saturated carbocycles. The zero-order valence-corrected chi connectivity index (χ0v) is 15.2. The molecular formula is C22H18N2O4. The number of fused-ring (bicyclic) bond motifs is 1. The lowest BCUT2D eigenvalue weighted by atomic mass is 10.0. The number of aromatic nitrogens is 1. The van der Waals surface area contributed by atoms with E-state index < -0.39 is 12.1 Å². The summed E-state index contributed by atoms with van der Waals surface area (Å²) in [6.07, 6.45) is 1.00. The number of carbonyl (C=O) groups is 2. The van der Waals surface area contributed by atoms with Gasteiger partial charge >= 0.3 is 5.97 Å². The SMILES string of the molecule is Cc1ccc(Oc2ccc(NC(=O)C[C@H]3OC(=O)c4ccccc43)cn2)cc1. The van der Waals surface area contributed by atoms with Gasteiger partial charge in [0.1, 0.15) is 11.9 Å². The summed E-state index contributed by atoms with van der Waals surface area (Å²) in [7, 11) is 0. The molecule has 3 aromatic rings. The van der Waals surface area contributed by atoms with Gasteiger partial charge in [0.25, 0.3) is 0 Å². The number of esters is 1. The van der Waals surface area contributed by atoms with Crippen molar-refractivity contribution in [1.82, 2.24) is 4.98 Å². The van der Waals surface area contributed by atoms with E-state index in [0.29, 0.717) is 22.9 Å². The van der Waals surface area contributed by atoms with Crippen molar-refractivity contribution < 1.29 is 19.1 Å². The molecule has 1 atom stereocenters. The Kier molecular flexibility index (Phi) is 4.76. The number of hydrogen-bond donors (Lipinski definition) is 1. The summed E-state index contributed by atoms with van der Waals surface area (Å²) < 4.78 is 11.0. The van der Waals surface area contributed by atoms with Gasteiger partial charge in [-0.2, -0.15) is 0 Å². The number of rotatable bonds is 5. The average Bonchev–Trinajstić information content (AvgIpc) is 3.01. The van der Waals surface area contributed by atoms with Crippen molar-refractivity contribution in [3.8, 4) is 11.6 Å². The van der Waals surface area contributed by atoms with Gasteiger partial charge in [0.05, 0.1) is 23.9 Å². The molecule has 6 heteroatoms. The van der Waals surface area contributed by atoms with E-state index in [-0.39, 0.29) is 12.3 Å². The molecule has 1 amide bonds. The number of carbonyl (C=O) groups excluding carboxylic acids is 2. The number of benzene rings is 2. The van der Waals surface area contributed by atoms with Crippen molar-refractivity contribution in [2.24, 2.45) is 0 Å². The van der Waals surface area contributed by atoms with E-state index in [2.05, 4.69) is 10.3 Å². The molecule has 140 valence electrons. The number of nitrogens with one attached hydrogen (secondary N) is 1. The van der Waals surface area contributed by atoms with Gasteiger partial charge in [0.15, 0.2) is 0 Å². The Morgan fingerprint density at radius 1 is 1.11 bits per heavy atom. The summed E-state index contributed by atoms with van der Waals surface area (Å²) in [6, 6.07) is 18.1. The summed E-state index contributed by atoms with van der Waals surface area (Å²) in [5.74, 6) is 0.466. The standard InChI is InChI=1S/C22H18N2O4/c1-14-6-9-16(10-7-14)27-21-11-8-15(13-23-21)24-20(25)12-19-17-4-2-3-5-18(17)22(26)28-19/h2-11,13,19H,12H2,1H3,(H,24,25)/t19-/m1/s1. The number of aryl methyl sites for hydroxylation is 1. The third-order valence-corrected chi connectivity index (χ3v) is 4.41. The lowest BCUT2D eigenvalue weighted by Gasteiger charge is -2.11. The Balaban J connectivity index is 1.36. The van der Waals surface area contributed by atoms with Crippen LogP contribution in [0.15, 0.2) is 66.9 Å². The number of nitrogens with zero attached hydrogens (tertiary/aromatic N) is 1. The van der Waals surface area contributed by atoms with E-state index in [0.717, 1.165) is 11.1 Å². The number of ether oxygens (including phenoxy) is 2. The maximum absolute atomic E-state index is 12.3. The fourth-order valence-electron chi connectivity index (χ4n) is 2.99. The van der Waals surface area contributed by atoms with Crippen LogP contribution in [0.4, 0.5) is 5.69 Å². The highest BCUT2D eigenvalue weighted by atomic mass is 16.5. The van der Waals surface area contributed by atoms with Gasteiger partial charge in [-0.3, -0.25) is 4.79 Å². The minimum Gasteiger partial charge on any atom is -0.453 e. The Labute approximate surface area is 162 Å². The van der Waals surface area contributed by atoms with Crippen LogP contribution in [0.1, 0.15) is 34.0 Å². The first kappa shape index (κ1) is 17.7. The molecule has 4 rings (SSSR count). The highest BCUT2D eigenvalue weighted by Crippen LogP contribution is 2.33. The van der Waals surface area contributed by atoms with Gasteiger partial charge < -0.3 is 14.8 Å². The average molecular weight is 374 g/mol. The molecule has 0 saturated heterocycles. The van der Waals surface area contributed by atoms with Crippen LogP contribution in [0.3, 0.4) is 0 Å². The van der Waals surface area contributed by atoms with E-state index in [4.69, 9.17) is 9.47 Å². The molecule has 1 aromatic heterocycles. The highest BCUT2D eigenvalue weighted by Gasteiger charge is 2.32. The van der Waals surface area contributed by atoms with E-state index in [1.807, 2.05) is 37.3 Å².